The SMILES string of the molecule is COc1cc(OC)c(C2=NOC(c3ccccc3)C2C(=O)OCc2ccccc2)c(OC)c1. The van der Waals surface area contributed by atoms with E-state index < -0.39 is 18.0 Å². The van der Waals surface area contributed by atoms with Crippen molar-refractivity contribution in [2.24, 2.45) is 11.1 Å². The maximum absolute atomic E-state index is 13.4. The van der Waals surface area contributed by atoms with Gasteiger partial charge in [-0.3, -0.25) is 4.79 Å². The maximum atomic E-state index is 13.4. The Morgan fingerprint density at radius 1 is 0.879 bits per heavy atom. The molecule has 0 aliphatic carbocycles. The summed E-state index contributed by atoms with van der Waals surface area (Å²) in [5.41, 5.74) is 2.59. The predicted molar refractivity (Wildman–Crippen MR) is 123 cm³/mol. The standard InChI is InChI=1S/C26H25NO6/c1-29-19-14-20(30-2)22(21(15-19)31-3)24-23(25(33-27-24)18-12-8-5-9-13-18)26(28)32-16-17-10-6-4-7-11-17/h4-15,23,25H,16H2,1-3H3. The van der Waals surface area contributed by atoms with E-state index in [-0.39, 0.29) is 6.61 Å². The molecule has 170 valence electrons. The van der Waals surface area contributed by atoms with Crippen LogP contribution in [0, 0.1) is 5.92 Å². The Morgan fingerprint density at radius 3 is 2.06 bits per heavy atom. The number of esters is 1. The van der Waals surface area contributed by atoms with Crippen LogP contribution in [0.5, 0.6) is 17.2 Å². The van der Waals surface area contributed by atoms with Crippen molar-refractivity contribution in [3.05, 3.63) is 89.5 Å². The molecule has 0 spiro atoms. The zero-order valence-corrected chi connectivity index (χ0v) is 18.7. The van der Waals surface area contributed by atoms with Crippen molar-refractivity contribution in [2.45, 2.75) is 12.7 Å². The largest absolute Gasteiger partial charge is 0.496 e. The highest BCUT2D eigenvalue weighted by molar-refractivity contribution is 6.15. The first-order valence-corrected chi connectivity index (χ1v) is 10.5. The van der Waals surface area contributed by atoms with Gasteiger partial charge < -0.3 is 23.8 Å². The summed E-state index contributed by atoms with van der Waals surface area (Å²) in [4.78, 5) is 19.2. The first kappa shape index (κ1) is 22.2. The molecular weight excluding hydrogens is 422 g/mol. The van der Waals surface area contributed by atoms with Gasteiger partial charge in [0.25, 0.3) is 0 Å². The quantitative estimate of drug-likeness (QED) is 0.472. The zero-order chi connectivity index (χ0) is 23.2. The lowest BCUT2D eigenvalue weighted by molar-refractivity contribution is -0.150. The fourth-order valence-corrected chi connectivity index (χ4v) is 3.78. The Labute approximate surface area is 192 Å². The van der Waals surface area contributed by atoms with Gasteiger partial charge in [0.2, 0.25) is 0 Å². The molecule has 7 nitrogen and oxygen atoms in total. The highest BCUT2D eigenvalue weighted by atomic mass is 16.6. The molecule has 2 unspecified atom stereocenters. The number of ether oxygens (including phenoxy) is 4. The molecule has 33 heavy (non-hydrogen) atoms. The molecule has 0 radical (unpaired) electrons. The first-order valence-electron chi connectivity index (χ1n) is 10.5. The molecule has 0 saturated heterocycles. The van der Waals surface area contributed by atoms with Crippen LogP contribution < -0.4 is 14.2 Å². The second kappa shape index (κ2) is 10.1. The molecule has 4 rings (SSSR count). The van der Waals surface area contributed by atoms with Gasteiger partial charge in [0.05, 0.1) is 26.9 Å². The summed E-state index contributed by atoms with van der Waals surface area (Å²) in [5.74, 6) is 0.164. The van der Waals surface area contributed by atoms with Gasteiger partial charge >= 0.3 is 5.97 Å². The molecule has 0 fully saturated rings. The van der Waals surface area contributed by atoms with Crippen molar-refractivity contribution in [1.29, 1.82) is 0 Å². The number of carbonyl (C=O) groups excluding carboxylic acids is 1. The van der Waals surface area contributed by atoms with Crippen molar-refractivity contribution in [1.82, 2.24) is 0 Å². The maximum Gasteiger partial charge on any atom is 0.319 e. The van der Waals surface area contributed by atoms with Gasteiger partial charge in [0, 0.05) is 12.1 Å². The van der Waals surface area contributed by atoms with Gasteiger partial charge in [-0.2, -0.15) is 0 Å². The van der Waals surface area contributed by atoms with Gasteiger partial charge in [-0.1, -0.05) is 65.8 Å². The van der Waals surface area contributed by atoms with Crippen molar-refractivity contribution >= 4 is 11.7 Å². The number of benzene rings is 3. The summed E-state index contributed by atoms with van der Waals surface area (Å²) in [6, 6.07) is 22.4. The molecule has 3 aromatic carbocycles. The Morgan fingerprint density at radius 2 is 1.48 bits per heavy atom. The Bertz CT molecular complexity index is 1110. The summed E-state index contributed by atoms with van der Waals surface area (Å²) in [6.45, 7) is 0.141. The molecule has 0 bridgehead atoms. The third-order valence-corrected chi connectivity index (χ3v) is 5.44. The molecule has 1 heterocycles. The van der Waals surface area contributed by atoms with Crippen molar-refractivity contribution in [2.75, 3.05) is 21.3 Å². The highest BCUT2D eigenvalue weighted by Crippen LogP contribution is 2.42. The zero-order valence-electron chi connectivity index (χ0n) is 18.7. The van der Waals surface area contributed by atoms with E-state index in [0.29, 0.717) is 28.5 Å². The van der Waals surface area contributed by atoms with E-state index in [2.05, 4.69) is 5.16 Å². The molecule has 0 N–H and O–H groups in total. The van der Waals surface area contributed by atoms with E-state index >= 15 is 0 Å². The minimum absolute atomic E-state index is 0.141. The molecule has 1 aliphatic rings. The number of hydrogen-bond acceptors (Lipinski definition) is 7. The topological polar surface area (TPSA) is 75.6 Å². The number of methoxy groups -OCH3 is 3. The fourth-order valence-electron chi connectivity index (χ4n) is 3.78. The van der Waals surface area contributed by atoms with Crippen LogP contribution in [-0.4, -0.2) is 33.0 Å². The van der Waals surface area contributed by atoms with Gasteiger partial charge in [-0.05, 0) is 11.1 Å². The lowest BCUT2D eigenvalue weighted by Gasteiger charge is -2.20. The number of rotatable bonds is 8. The fraction of sp³-hybridized carbons (Fsp3) is 0.231. The second-order valence-electron chi connectivity index (χ2n) is 7.39. The van der Waals surface area contributed by atoms with E-state index in [1.54, 1.807) is 19.2 Å². The summed E-state index contributed by atoms with van der Waals surface area (Å²) >= 11 is 0. The van der Waals surface area contributed by atoms with Gasteiger partial charge in [-0.25, -0.2) is 0 Å². The number of carbonyl (C=O) groups is 1. The van der Waals surface area contributed by atoms with E-state index in [1.807, 2.05) is 60.7 Å². The molecular formula is C26H25NO6. The Hall–Kier alpha value is -4.00. The van der Waals surface area contributed by atoms with Gasteiger partial charge in [-0.15, -0.1) is 0 Å². The van der Waals surface area contributed by atoms with E-state index in [9.17, 15) is 4.79 Å². The normalized spacial score (nSPS) is 17.0. The average molecular weight is 447 g/mol. The summed E-state index contributed by atoms with van der Waals surface area (Å²) in [6.07, 6.45) is -0.652. The lowest BCUT2D eigenvalue weighted by atomic mass is 9.88. The van der Waals surface area contributed by atoms with Gasteiger partial charge in [0.1, 0.15) is 35.5 Å². The van der Waals surface area contributed by atoms with Crippen LogP contribution in [0.1, 0.15) is 22.8 Å². The molecule has 1 aliphatic heterocycles. The first-order chi connectivity index (χ1) is 16.2. The summed E-state index contributed by atoms with van der Waals surface area (Å²) in [7, 11) is 4.62. The van der Waals surface area contributed by atoms with E-state index in [4.69, 9.17) is 23.8 Å². The van der Waals surface area contributed by atoms with Crippen LogP contribution in [-0.2, 0) is 21.0 Å². The van der Waals surface area contributed by atoms with Crippen molar-refractivity contribution in [3.8, 4) is 17.2 Å². The Balaban J connectivity index is 1.73. The number of oxime groups is 1. The highest BCUT2D eigenvalue weighted by Gasteiger charge is 2.45. The van der Waals surface area contributed by atoms with Crippen LogP contribution >= 0.6 is 0 Å². The third kappa shape index (κ3) is 4.62. The van der Waals surface area contributed by atoms with Crippen LogP contribution in [0.2, 0.25) is 0 Å². The van der Waals surface area contributed by atoms with Crippen LogP contribution in [0.15, 0.2) is 78.0 Å². The average Bonchev–Trinajstić information content (AvgIpc) is 3.32. The summed E-state index contributed by atoms with van der Waals surface area (Å²) in [5, 5.41) is 4.31. The minimum atomic E-state index is -0.827. The van der Waals surface area contributed by atoms with E-state index in [1.165, 1.54) is 14.2 Å². The molecule has 0 saturated carbocycles. The number of hydrogen-bond donors (Lipinski definition) is 0. The summed E-state index contributed by atoms with van der Waals surface area (Å²) < 4.78 is 22.2. The predicted octanol–water partition coefficient (Wildman–Crippen LogP) is 4.55. The van der Waals surface area contributed by atoms with Crippen LogP contribution in [0.25, 0.3) is 0 Å². The van der Waals surface area contributed by atoms with E-state index in [0.717, 1.165) is 11.1 Å². The monoisotopic (exact) mass is 447 g/mol. The molecule has 7 heteroatoms. The van der Waals surface area contributed by atoms with Crippen LogP contribution in [0.3, 0.4) is 0 Å². The minimum Gasteiger partial charge on any atom is -0.496 e. The Kier molecular flexibility index (Phi) is 6.78. The molecule has 0 amide bonds. The smallest absolute Gasteiger partial charge is 0.319 e. The van der Waals surface area contributed by atoms with Crippen LogP contribution in [0.4, 0.5) is 0 Å². The third-order valence-electron chi connectivity index (χ3n) is 5.44. The van der Waals surface area contributed by atoms with Crippen molar-refractivity contribution in [3.63, 3.8) is 0 Å². The van der Waals surface area contributed by atoms with Crippen molar-refractivity contribution < 1.29 is 28.6 Å². The number of nitrogens with zero attached hydrogens (tertiary/aromatic N) is 1. The lowest BCUT2D eigenvalue weighted by Crippen LogP contribution is -2.29. The molecule has 0 aromatic heterocycles. The second-order valence-corrected chi connectivity index (χ2v) is 7.39. The molecule has 3 aromatic rings. The molecule has 2 atom stereocenters. The van der Waals surface area contributed by atoms with Gasteiger partial charge in [0.15, 0.2) is 6.10 Å².